The number of esters is 1. The number of fused-ring (bicyclic) bond motifs is 1. The van der Waals surface area contributed by atoms with Gasteiger partial charge in [-0.2, -0.15) is 0 Å². The van der Waals surface area contributed by atoms with Gasteiger partial charge in [-0.25, -0.2) is 4.79 Å². The van der Waals surface area contributed by atoms with Gasteiger partial charge in [0.1, 0.15) is 5.69 Å². The highest BCUT2D eigenvalue weighted by Crippen LogP contribution is 2.29. The largest absolute Gasteiger partial charge is 0.461 e. The Labute approximate surface area is 192 Å². The lowest BCUT2D eigenvalue weighted by atomic mass is 10.1. The van der Waals surface area contributed by atoms with Crippen molar-refractivity contribution in [2.24, 2.45) is 0 Å². The molecule has 1 saturated heterocycles. The molecule has 4 rings (SSSR count). The molecule has 1 fully saturated rings. The smallest absolute Gasteiger partial charge is 0.356 e. The Balaban J connectivity index is 1.46. The maximum Gasteiger partial charge on any atom is 0.356 e. The van der Waals surface area contributed by atoms with Crippen LogP contribution in [0.3, 0.4) is 0 Å². The SMILES string of the molecule is CCOC(=O)c1[nH]c2ccccc2c1NC(=O)[C@H](C)N1CCN(c2cccc(Cl)c2)CC1. The molecule has 1 aliphatic heterocycles. The van der Waals surface area contributed by atoms with Gasteiger partial charge in [-0.15, -0.1) is 0 Å². The van der Waals surface area contributed by atoms with Gasteiger partial charge in [-0.05, 0) is 38.1 Å². The van der Waals surface area contributed by atoms with E-state index < -0.39 is 5.97 Å². The molecule has 0 spiro atoms. The number of nitrogens with one attached hydrogen (secondary N) is 2. The average Bonchev–Trinajstić information content (AvgIpc) is 3.17. The van der Waals surface area contributed by atoms with Crippen LogP contribution in [0.15, 0.2) is 48.5 Å². The summed E-state index contributed by atoms with van der Waals surface area (Å²) in [5.74, 6) is -0.640. The lowest BCUT2D eigenvalue weighted by Gasteiger charge is -2.38. The third-order valence-electron chi connectivity index (χ3n) is 5.85. The van der Waals surface area contributed by atoms with Gasteiger partial charge in [0.2, 0.25) is 5.91 Å². The number of anilines is 2. The fourth-order valence-electron chi connectivity index (χ4n) is 4.06. The van der Waals surface area contributed by atoms with Gasteiger partial charge in [0.15, 0.2) is 0 Å². The normalized spacial score (nSPS) is 15.5. The van der Waals surface area contributed by atoms with E-state index in [2.05, 4.69) is 20.1 Å². The number of amides is 1. The van der Waals surface area contributed by atoms with Crippen molar-refractivity contribution in [1.29, 1.82) is 0 Å². The van der Waals surface area contributed by atoms with Gasteiger partial charge in [0.25, 0.3) is 0 Å². The molecule has 0 unspecified atom stereocenters. The number of nitrogens with zero attached hydrogens (tertiary/aromatic N) is 2. The Kier molecular flexibility index (Phi) is 6.67. The van der Waals surface area contributed by atoms with Gasteiger partial charge in [-0.1, -0.05) is 35.9 Å². The number of rotatable bonds is 6. The molecule has 0 saturated carbocycles. The van der Waals surface area contributed by atoms with Crippen molar-refractivity contribution in [3.05, 3.63) is 59.2 Å². The number of ether oxygens (including phenoxy) is 1. The van der Waals surface area contributed by atoms with Crippen LogP contribution in [-0.2, 0) is 9.53 Å². The quantitative estimate of drug-likeness (QED) is 0.547. The monoisotopic (exact) mass is 454 g/mol. The van der Waals surface area contributed by atoms with Gasteiger partial charge in [-0.3, -0.25) is 9.69 Å². The lowest BCUT2D eigenvalue weighted by molar-refractivity contribution is -0.120. The van der Waals surface area contributed by atoms with Crippen LogP contribution in [0.2, 0.25) is 5.02 Å². The van der Waals surface area contributed by atoms with Gasteiger partial charge in [0.05, 0.1) is 18.3 Å². The highest BCUT2D eigenvalue weighted by molar-refractivity contribution is 6.30. The maximum absolute atomic E-state index is 13.1. The van der Waals surface area contributed by atoms with Crippen LogP contribution in [0.25, 0.3) is 10.9 Å². The molecule has 7 nitrogen and oxygen atoms in total. The van der Waals surface area contributed by atoms with E-state index in [9.17, 15) is 9.59 Å². The molecule has 2 N–H and O–H groups in total. The van der Waals surface area contributed by atoms with Crippen molar-refractivity contribution in [3.63, 3.8) is 0 Å². The molecule has 8 heteroatoms. The average molecular weight is 455 g/mol. The van der Waals surface area contributed by atoms with E-state index >= 15 is 0 Å². The Hall–Kier alpha value is -3.03. The van der Waals surface area contributed by atoms with Gasteiger partial charge >= 0.3 is 5.97 Å². The number of piperazine rings is 1. The minimum absolute atomic E-state index is 0.156. The van der Waals surface area contributed by atoms with Crippen molar-refractivity contribution in [1.82, 2.24) is 9.88 Å². The molecule has 0 radical (unpaired) electrons. The predicted molar refractivity (Wildman–Crippen MR) is 128 cm³/mol. The second kappa shape index (κ2) is 9.63. The second-order valence-corrected chi connectivity index (χ2v) is 8.25. The van der Waals surface area contributed by atoms with Crippen molar-refractivity contribution >= 4 is 45.8 Å². The van der Waals surface area contributed by atoms with E-state index in [1.54, 1.807) is 6.92 Å². The fraction of sp³-hybridized carbons (Fsp3) is 0.333. The molecule has 2 heterocycles. The van der Waals surface area contributed by atoms with Crippen LogP contribution in [0.1, 0.15) is 24.3 Å². The van der Waals surface area contributed by atoms with Gasteiger partial charge in [0, 0.05) is 47.8 Å². The number of benzene rings is 2. The highest BCUT2D eigenvalue weighted by atomic mass is 35.5. The number of para-hydroxylation sites is 1. The number of hydrogen-bond donors (Lipinski definition) is 2. The molecule has 1 aromatic heterocycles. The number of H-pyrrole nitrogens is 1. The molecular formula is C24H27ClN4O3. The first-order chi connectivity index (χ1) is 15.5. The fourth-order valence-corrected chi connectivity index (χ4v) is 4.25. The van der Waals surface area contributed by atoms with Crippen LogP contribution in [0.5, 0.6) is 0 Å². The zero-order valence-corrected chi connectivity index (χ0v) is 19.0. The van der Waals surface area contributed by atoms with E-state index in [1.165, 1.54) is 0 Å². The van der Waals surface area contributed by atoms with E-state index in [4.69, 9.17) is 16.3 Å². The summed E-state index contributed by atoms with van der Waals surface area (Å²) in [6, 6.07) is 15.0. The van der Waals surface area contributed by atoms with Crippen LogP contribution in [0, 0.1) is 0 Å². The Bertz CT molecular complexity index is 1120. The zero-order valence-electron chi connectivity index (χ0n) is 18.2. The Morgan fingerprint density at radius 3 is 2.59 bits per heavy atom. The molecule has 0 aliphatic carbocycles. The number of hydrogen-bond acceptors (Lipinski definition) is 5. The first kappa shape index (κ1) is 22.2. The maximum atomic E-state index is 13.1. The molecule has 1 aliphatic rings. The minimum Gasteiger partial charge on any atom is -0.461 e. The van der Waals surface area contributed by atoms with Crippen LogP contribution < -0.4 is 10.2 Å². The standard InChI is InChI=1S/C24H27ClN4O3/c1-3-32-24(31)22-21(19-9-4-5-10-20(19)26-22)27-23(30)16(2)28-11-13-29(14-12-28)18-8-6-7-17(25)15-18/h4-10,15-16,26H,3,11-14H2,1-2H3,(H,27,30)/t16-/m0/s1. The number of carbonyl (C=O) groups is 2. The van der Waals surface area contributed by atoms with E-state index in [1.807, 2.05) is 55.5 Å². The topological polar surface area (TPSA) is 77.7 Å². The zero-order chi connectivity index (χ0) is 22.7. The van der Waals surface area contributed by atoms with Crippen molar-refractivity contribution < 1.29 is 14.3 Å². The Morgan fingerprint density at radius 1 is 1.12 bits per heavy atom. The molecule has 3 aromatic rings. The van der Waals surface area contributed by atoms with Crippen LogP contribution in [0.4, 0.5) is 11.4 Å². The molecule has 0 bridgehead atoms. The summed E-state index contributed by atoms with van der Waals surface area (Å²) in [6.45, 7) is 7.01. The van der Waals surface area contributed by atoms with E-state index in [0.29, 0.717) is 10.7 Å². The summed E-state index contributed by atoms with van der Waals surface area (Å²) < 4.78 is 5.17. The predicted octanol–water partition coefficient (Wildman–Crippen LogP) is 4.15. The Morgan fingerprint density at radius 2 is 1.88 bits per heavy atom. The molecule has 168 valence electrons. The lowest BCUT2D eigenvalue weighted by Crippen LogP contribution is -2.52. The van der Waals surface area contributed by atoms with E-state index in [0.717, 1.165) is 42.8 Å². The highest BCUT2D eigenvalue weighted by Gasteiger charge is 2.28. The summed E-state index contributed by atoms with van der Waals surface area (Å²) in [5, 5.41) is 4.47. The van der Waals surface area contributed by atoms with E-state index in [-0.39, 0.29) is 24.2 Å². The number of aromatic nitrogens is 1. The summed E-state index contributed by atoms with van der Waals surface area (Å²) in [6.07, 6.45) is 0. The molecule has 2 aromatic carbocycles. The number of carbonyl (C=O) groups excluding carboxylic acids is 2. The molecule has 1 amide bonds. The van der Waals surface area contributed by atoms with Gasteiger partial charge < -0.3 is 19.9 Å². The second-order valence-electron chi connectivity index (χ2n) is 7.81. The molecule has 1 atom stereocenters. The third kappa shape index (κ3) is 4.59. The third-order valence-corrected chi connectivity index (χ3v) is 6.08. The summed E-state index contributed by atoms with van der Waals surface area (Å²) in [4.78, 5) is 33.1. The molecule has 32 heavy (non-hydrogen) atoms. The van der Waals surface area contributed by atoms with Crippen molar-refractivity contribution in [3.8, 4) is 0 Å². The van der Waals surface area contributed by atoms with Crippen molar-refractivity contribution in [2.45, 2.75) is 19.9 Å². The molecular weight excluding hydrogens is 428 g/mol. The minimum atomic E-state index is -0.484. The summed E-state index contributed by atoms with van der Waals surface area (Å²) in [7, 11) is 0. The van der Waals surface area contributed by atoms with Crippen LogP contribution >= 0.6 is 11.6 Å². The first-order valence-corrected chi connectivity index (χ1v) is 11.2. The number of aromatic amines is 1. The number of halogens is 1. The first-order valence-electron chi connectivity index (χ1n) is 10.8. The summed E-state index contributed by atoms with van der Waals surface area (Å²) >= 11 is 6.12. The van der Waals surface area contributed by atoms with Crippen molar-refractivity contribution in [2.75, 3.05) is 43.0 Å². The van der Waals surface area contributed by atoms with Crippen LogP contribution in [-0.4, -0.2) is 60.6 Å². The summed E-state index contributed by atoms with van der Waals surface area (Å²) in [5.41, 5.74) is 2.59.